The van der Waals surface area contributed by atoms with Gasteiger partial charge in [-0.1, -0.05) is 35.5 Å². The van der Waals surface area contributed by atoms with Crippen LogP contribution in [0.4, 0.5) is 0 Å². The van der Waals surface area contributed by atoms with Gasteiger partial charge in [-0.05, 0) is 5.56 Å². The van der Waals surface area contributed by atoms with Crippen molar-refractivity contribution < 1.29 is 10.3 Å². The molecule has 0 unspecified atom stereocenters. The van der Waals surface area contributed by atoms with Gasteiger partial charge in [-0.3, -0.25) is 0 Å². The molecule has 4 nitrogen and oxygen atoms in total. The van der Waals surface area contributed by atoms with E-state index in [1.165, 1.54) is 0 Å². The van der Waals surface area contributed by atoms with Crippen molar-refractivity contribution in [3.63, 3.8) is 0 Å². The van der Waals surface area contributed by atoms with Gasteiger partial charge < -0.3 is 16.0 Å². The van der Waals surface area contributed by atoms with Crippen LogP contribution in [0.15, 0.2) is 35.5 Å². The molecule has 4 heteroatoms. The van der Waals surface area contributed by atoms with Crippen molar-refractivity contribution in [1.29, 1.82) is 0 Å². The smallest absolute Gasteiger partial charge is 0.172 e. The van der Waals surface area contributed by atoms with Gasteiger partial charge in [0, 0.05) is 0 Å². The molecule has 0 aliphatic rings. The molecule has 1 aromatic carbocycles. The van der Waals surface area contributed by atoms with Gasteiger partial charge in [0.15, 0.2) is 5.84 Å². The Morgan fingerprint density at radius 2 is 1.92 bits per heavy atom. The van der Waals surface area contributed by atoms with E-state index in [2.05, 4.69) is 5.16 Å². The number of benzene rings is 1. The predicted octanol–water partition coefficient (Wildman–Crippen LogP) is 0.466. The van der Waals surface area contributed by atoms with Crippen molar-refractivity contribution in [2.75, 3.05) is 0 Å². The zero-order chi connectivity index (χ0) is 8.97. The van der Waals surface area contributed by atoms with Crippen LogP contribution < -0.4 is 5.73 Å². The highest BCUT2D eigenvalue weighted by molar-refractivity contribution is 5.85. The maximum atomic E-state index is 9.37. The molecule has 0 aliphatic carbocycles. The molecule has 0 amide bonds. The summed E-state index contributed by atoms with van der Waals surface area (Å²) < 4.78 is 0. The molecule has 0 heterocycles. The Morgan fingerprint density at radius 1 is 1.33 bits per heavy atom. The molecule has 1 aromatic rings. The van der Waals surface area contributed by atoms with Gasteiger partial charge in [0.2, 0.25) is 0 Å². The monoisotopic (exact) mass is 166 g/mol. The molecule has 0 spiro atoms. The van der Waals surface area contributed by atoms with E-state index in [4.69, 9.17) is 10.9 Å². The van der Waals surface area contributed by atoms with Gasteiger partial charge >= 0.3 is 0 Å². The minimum Gasteiger partial charge on any atom is -0.409 e. The normalized spacial score (nSPS) is 14.2. The predicted molar refractivity (Wildman–Crippen MR) is 44.8 cm³/mol. The molecule has 0 saturated heterocycles. The minimum absolute atomic E-state index is 0.207. The molecule has 0 saturated carbocycles. The Bertz CT molecular complexity index is 272. The number of amidine groups is 1. The van der Waals surface area contributed by atoms with Gasteiger partial charge in [0.1, 0.15) is 6.10 Å². The summed E-state index contributed by atoms with van der Waals surface area (Å²) >= 11 is 0. The largest absolute Gasteiger partial charge is 0.409 e. The molecule has 1 rings (SSSR count). The maximum Gasteiger partial charge on any atom is 0.172 e. The third-order valence-corrected chi connectivity index (χ3v) is 1.51. The fraction of sp³-hybridized carbons (Fsp3) is 0.125. The molecule has 0 radical (unpaired) electrons. The third-order valence-electron chi connectivity index (χ3n) is 1.51. The molecule has 0 aromatic heterocycles. The average molecular weight is 166 g/mol. The van der Waals surface area contributed by atoms with Gasteiger partial charge in [-0.15, -0.1) is 0 Å². The van der Waals surface area contributed by atoms with Crippen LogP contribution in [0.3, 0.4) is 0 Å². The Kier molecular flexibility index (Phi) is 2.66. The van der Waals surface area contributed by atoms with Crippen molar-refractivity contribution in [1.82, 2.24) is 0 Å². The highest BCUT2D eigenvalue weighted by Gasteiger charge is 2.10. The number of aliphatic hydroxyl groups is 1. The summed E-state index contributed by atoms with van der Waals surface area (Å²) in [6.07, 6.45) is -1.03. The lowest BCUT2D eigenvalue weighted by Crippen LogP contribution is -2.21. The second-order valence-corrected chi connectivity index (χ2v) is 2.34. The first-order valence-electron chi connectivity index (χ1n) is 3.46. The zero-order valence-electron chi connectivity index (χ0n) is 6.38. The summed E-state index contributed by atoms with van der Waals surface area (Å²) in [5, 5.41) is 20.4. The van der Waals surface area contributed by atoms with Crippen LogP contribution in [0.2, 0.25) is 0 Å². The molecule has 0 bridgehead atoms. The Labute approximate surface area is 69.9 Å². The zero-order valence-corrected chi connectivity index (χ0v) is 6.38. The van der Waals surface area contributed by atoms with E-state index in [1.54, 1.807) is 24.3 Å². The first-order valence-corrected chi connectivity index (χ1v) is 3.46. The van der Waals surface area contributed by atoms with Gasteiger partial charge in [-0.25, -0.2) is 0 Å². The van der Waals surface area contributed by atoms with Crippen LogP contribution in [0, 0.1) is 0 Å². The lowest BCUT2D eigenvalue weighted by Gasteiger charge is -2.07. The lowest BCUT2D eigenvalue weighted by atomic mass is 10.1. The molecule has 0 fully saturated rings. The Balaban J connectivity index is 2.86. The van der Waals surface area contributed by atoms with Gasteiger partial charge in [-0.2, -0.15) is 0 Å². The van der Waals surface area contributed by atoms with Crippen LogP contribution in [-0.2, 0) is 0 Å². The van der Waals surface area contributed by atoms with Crippen LogP contribution in [-0.4, -0.2) is 16.1 Å². The highest BCUT2D eigenvalue weighted by Crippen LogP contribution is 2.11. The van der Waals surface area contributed by atoms with E-state index in [9.17, 15) is 5.11 Å². The molecule has 64 valence electrons. The first kappa shape index (κ1) is 8.55. The van der Waals surface area contributed by atoms with E-state index in [1.807, 2.05) is 6.07 Å². The average Bonchev–Trinajstić information content (AvgIpc) is 2.17. The number of hydrogen-bond donors (Lipinski definition) is 3. The van der Waals surface area contributed by atoms with E-state index in [0.29, 0.717) is 5.56 Å². The van der Waals surface area contributed by atoms with E-state index < -0.39 is 6.10 Å². The summed E-state index contributed by atoms with van der Waals surface area (Å²) in [5.74, 6) is -0.207. The van der Waals surface area contributed by atoms with Crippen molar-refractivity contribution in [2.45, 2.75) is 6.10 Å². The summed E-state index contributed by atoms with van der Waals surface area (Å²) in [5.41, 5.74) is 5.80. The number of nitrogens with zero attached hydrogens (tertiary/aromatic N) is 1. The van der Waals surface area contributed by atoms with E-state index in [-0.39, 0.29) is 5.84 Å². The maximum absolute atomic E-state index is 9.37. The topological polar surface area (TPSA) is 78.8 Å². The van der Waals surface area contributed by atoms with Crippen LogP contribution in [0.1, 0.15) is 11.7 Å². The van der Waals surface area contributed by atoms with Crippen LogP contribution in [0.5, 0.6) is 0 Å². The van der Waals surface area contributed by atoms with Crippen molar-refractivity contribution >= 4 is 5.84 Å². The molecule has 4 N–H and O–H groups in total. The summed E-state index contributed by atoms with van der Waals surface area (Å²) in [7, 11) is 0. The number of rotatable bonds is 2. The van der Waals surface area contributed by atoms with Crippen molar-refractivity contribution in [2.24, 2.45) is 10.9 Å². The molecule has 12 heavy (non-hydrogen) atoms. The molecular formula is C8H10N2O2. The number of nitrogens with two attached hydrogens (primary N) is 1. The van der Waals surface area contributed by atoms with E-state index in [0.717, 1.165) is 0 Å². The van der Waals surface area contributed by atoms with Gasteiger partial charge in [0.05, 0.1) is 0 Å². The fourth-order valence-electron chi connectivity index (χ4n) is 0.861. The third kappa shape index (κ3) is 1.73. The first-order chi connectivity index (χ1) is 5.75. The van der Waals surface area contributed by atoms with E-state index >= 15 is 0 Å². The number of oxime groups is 1. The standard InChI is InChI=1S/C8H10N2O2/c9-8(10-12)7(11)6-4-2-1-3-5-6/h1-5,7,11-12H,(H2,9,10)/t7-/m1/s1. The van der Waals surface area contributed by atoms with Gasteiger partial charge in [0.25, 0.3) is 0 Å². The number of hydrogen-bond acceptors (Lipinski definition) is 3. The quantitative estimate of drug-likeness (QED) is 0.258. The summed E-state index contributed by atoms with van der Waals surface area (Å²) in [6, 6.07) is 8.75. The van der Waals surface area contributed by atoms with Crippen LogP contribution in [0.25, 0.3) is 0 Å². The van der Waals surface area contributed by atoms with Crippen LogP contribution >= 0.6 is 0 Å². The molecule has 0 aliphatic heterocycles. The lowest BCUT2D eigenvalue weighted by molar-refractivity contribution is 0.233. The Morgan fingerprint density at radius 3 is 2.42 bits per heavy atom. The highest BCUT2D eigenvalue weighted by atomic mass is 16.4. The molecular weight excluding hydrogens is 156 g/mol. The Hall–Kier alpha value is -1.55. The second kappa shape index (κ2) is 3.73. The summed E-state index contributed by atoms with van der Waals surface area (Å²) in [4.78, 5) is 0. The SMILES string of the molecule is N/C(=N/O)[C@H](O)c1ccccc1. The van der Waals surface area contributed by atoms with Crippen molar-refractivity contribution in [3.05, 3.63) is 35.9 Å². The minimum atomic E-state index is -1.03. The fourth-order valence-corrected chi connectivity index (χ4v) is 0.861. The number of aliphatic hydroxyl groups excluding tert-OH is 1. The van der Waals surface area contributed by atoms with Crippen molar-refractivity contribution in [3.8, 4) is 0 Å². The summed E-state index contributed by atoms with van der Waals surface area (Å²) in [6.45, 7) is 0. The second-order valence-electron chi connectivity index (χ2n) is 2.34. The molecule has 1 atom stereocenters.